The van der Waals surface area contributed by atoms with Gasteiger partial charge in [0.15, 0.2) is 34.5 Å². The van der Waals surface area contributed by atoms with Gasteiger partial charge in [0, 0.05) is 0 Å². The van der Waals surface area contributed by atoms with Crippen LogP contribution in [0.15, 0.2) is 36.4 Å². The molecule has 0 amide bonds. The van der Waals surface area contributed by atoms with Crippen molar-refractivity contribution in [3.8, 4) is 34.5 Å². The molecule has 9 nitrogen and oxygen atoms in total. The molecule has 3 fully saturated rings. The molecule has 3 saturated heterocycles. The lowest BCUT2D eigenvalue weighted by atomic mass is 9.94. The molecule has 3 atom stereocenters. The number of benzene rings is 3. The highest BCUT2D eigenvalue weighted by atomic mass is 16.6. The Bertz CT molecular complexity index is 1510. The van der Waals surface area contributed by atoms with Gasteiger partial charge in [0.1, 0.15) is 38.1 Å². The first kappa shape index (κ1) is 30.0. The third kappa shape index (κ3) is 7.43. The summed E-state index contributed by atoms with van der Waals surface area (Å²) in [5.41, 5.74) is 7.03. The fourth-order valence-electron chi connectivity index (χ4n) is 5.72. The Kier molecular flexibility index (Phi) is 8.92. The molecule has 0 saturated carbocycles. The van der Waals surface area contributed by atoms with E-state index in [0.29, 0.717) is 58.9 Å². The van der Waals surface area contributed by atoms with Gasteiger partial charge in [-0.25, -0.2) is 0 Å². The molecule has 3 aromatic carbocycles. The average molecular weight is 619 g/mol. The number of hydrogen-bond acceptors (Lipinski definition) is 9. The van der Waals surface area contributed by atoms with Crippen molar-refractivity contribution >= 4 is 0 Å². The Morgan fingerprint density at radius 2 is 0.644 bits per heavy atom. The quantitative estimate of drug-likeness (QED) is 0.165. The Hall–Kier alpha value is -3.66. The lowest BCUT2D eigenvalue weighted by molar-refractivity contribution is 0.244. The summed E-state index contributed by atoms with van der Waals surface area (Å²) in [5.74, 6) is 4.44. The van der Waals surface area contributed by atoms with E-state index in [1.165, 1.54) is 33.4 Å². The van der Waals surface area contributed by atoms with Crippen LogP contribution in [0.5, 0.6) is 34.5 Å². The van der Waals surface area contributed by atoms with Gasteiger partial charge in [0.25, 0.3) is 0 Å². The molecule has 0 aromatic heterocycles. The first-order valence-electron chi connectivity index (χ1n) is 16.2. The van der Waals surface area contributed by atoms with E-state index in [9.17, 15) is 0 Å². The van der Waals surface area contributed by atoms with Crippen LogP contribution in [0.3, 0.4) is 0 Å². The first-order chi connectivity index (χ1) is 22.1. The minimum absolute atomic E-state index is 0.142. The van der Waals surface area contributed by atoms with Crippen molar-refractivity contribution in [3.05, 3.63) is 69.8 Å². The van der Waals surface area contributed by atoms with Gasteiger partial charge < -0.3 is 42.6 Å². The fraction of sp³-hybridized carbons (Fsp3) is 0.500. The van der Waals surface area contributed by atoms with Gasteiger partial charge in [-0.15, -0.1) is 0 Å². The summed E-state index contributed by atoms with van der Waals surface area (Å²) in [4.78, 5) is 0. The highest BCUT2D eigenvalue weighted by molar-refractivity contribution is 5.58. The van der Waals surface area contributed by atoms with Crippen molar-refractivity contribution in [3.63, 3.8) is 0 Å². The second kappa shape index (κ2) is 13.4. The van der Waals surface area contributed by atoms with E-state index in [0.717, 1.165) is 54.3 Å². The summed E-state index contributed by atoms with van der Waals surface area (Å²) in [6, 6.07) is 12.8. The van der Waals surface area contributed by atoms with Crippen molar-refractivity contribution in [2.75, 3.05) is 59.5 Å². The van der Waals surface area contributed by atoms with Crippen LogP contribution < -0.4 is 28.4 Å². The SMILES string of the molecule is CCOc1cc2c(cc1OCC1CO1)Cc1cc(OCC)c(OCC3CO3)cc1Cc1cc(OCC3CO3)c(OCC)cc1C2. The normalized spacial score (nSPS) is 20.7. The largest absolute Gasteiger partial charge is 0.490 e. The van der Waals surface area contributed by atoms with Gasteiger partial charge >= 0.3 is 0 Å². The number of hydrogen-bond donors (Lipinski definition) is 0. The van der Waals surface area contributed by atoms with Crippen LogP contribution in [0.25, 0.3) is 0 Å². The minimum Gasteiger partial charge on any atom is -0.490 e. The van der Waals surface area contributed by atoms with Crippen LogP contribution in [0.4, 0.5) is 0 Å². The third-order valence-electron chi connectivity index (χ3n) is 8.32. The number of ether oxygens (including phenoxy) is 9. The number of fused-ring (bicyclic) bond motifs is 3. The van der Waals surface area contributed by atoms with Gasteiger partial charge in [-0.1, -0.05) is 0 Å². The van der Waals surface area contributed by atoms with Crippen LogP contribution in [-0.4, -0.2) is 77.8 Å². The monoisotopic (exact) mass is 618 g/mol. The summed E-state index contributed by atoms with van der Waals surface area (Å²) >= 11 is 0. The summed E-state index contributed by atoms with van der Waals surface area (Å²) < 4.78 is 53.3. The number of rotatable bonds is 15. The van der Waals surface area contributed by atoms with Crippen molar-refractivity contribution in [1.82, 2.24) is 0 Å². The Labute approximate surface area is 264 Å². The molecule has 0 radical (unpaired) electrons. The molecule has 3 unspecified atom stereocenters. The molecule has 0 spiro atoms. The lowest BCUT2D eigenvalue weighted by Crippen LogP contribution is -2.09. The van der Waals surface area contributed by atoms with E-state index in [1.54, 1.807) is 0 Å². The summed E-state index contributed by atoms with van der Waals surface area (Å²) in [5, 5.41) is 0. The molecule has 45 heavy (non-hydrogen) atoms. The van der Waals surface area contributed by atoms with E-state index < -0.39 is 0 Å². The molecule has 240 valence electrons. The Morgan fingerprint density at radius 3 is 0.844 bits per heavy atom. The number of epoxide rings is 3. The van der Waals surface area contributed by atoms with Crippen LogP contribution in [0.2, 0.25) is 0 Å². The Morgan fingerprint density at radius 1 is 0.422 bits per heavy atom. The molecule has 0 bridgehead atoms. The van der Waals surface area contributed by atoms with Crippen molar-refractivity contribution in [2.45, 2.75) is 58.3 Å². The molecule has 3 aliphatic heterocycles. The zero-order valence-corrected chi connectivity index (χ0v) is 26.4. The Balaban J connectivity index is 1.34. The molecular formula is C36H42O9. The topological polar surface area (TPSA) is 93.0 Å². The van der Waals surface area contributed by atoms with Gasteiger partial charge in [-0.05, 0) is 110 Å². The van der Waals surface area contributed by atoms with Crippen LogP contribution >= 0.6 is 0 Å². The summed E-state index contributed by atoms with van der Waals surface area (Å²) in [7, 11) is 0. The van der Waals surface area contributed by atoms with E-state index in [1.807, 2.05) is 20.8 Å². The first-order valence-corrected chi connectivity index (χ1v) is 16.2. The minimum atomic E-state index is 0.142. The van der Waals surface area contributed by atoms with E-state index in [4.69, 9.17) is 42.6 Å². The van der Waals surface area contributed by atoms with Crippen LogP contribution in [0, 0.1) is 0 Å². The molecule has 1 aliphatic carbocycles. The molecule has 3 heterocycles. The maximum absolute atomic E-state index is 6.25. The molecular weight excluding hydrogens is 576 g/mol. The van der Waals surface area contributed by atoms with Crippen molar-refractivity contribution in [2.24, 2.45) is 0 Å². The standard InChI is InChI=1S/C36H42O9/c1-4-37-31-10-22-7-23-11-32(38-5-2)35(44-20-29-17-41-29)14-26(23)9-27-15-36(45-21-30-18-42-30)33(39-6-3)12-24(27)8-25(22)13-34(31)43-19-28-16-40-28/h10-15,28-30H,4-9,16-21H2,1-3H3. The maximum Gasteiger partial charge on any atom is 0.161 e. The van der Waals surface area contributed by atoms with Gasteiger partial charge in [0.05, 0.1) is 39.6 Å². The molecule has 9 heteroatoms. The predicted molar refractivity (Wildman–Crippen MR) is 167 cm³/mol. The van der Waals surface area contributed by atoms with Crippen molar-refractivity contribution < 1.29 is 42.6 Å². The van der Waals surface area contributed by atoms with E-state index >= 15 is 0 Å². The zero-order valence-electron chi connectivity index (χ0n) is 26.4. The highest BCUT2D eigenvalue weighted by Crippen LogP contribution is 2.41. The third-order valence-corrected chi connectivity index (χ3v) is 8.32. The second-order valence-corrected chi connectivity index (χ2v) is 11.8. The van der Waals surface area contributed by atoms with Crippen LogP contribution in [0.1, 0.15) is 54.2 Å². The second-order valence-electron chi connectivity index (χ2n) is 11.8. The highest BCUT2D eigenvalue weighted by Gasteiger charge is 2.28. The predicted octanol–water partition coefficient (Wildman–Crippen LogP) is 5.30. The van der Waals surface area contributed by atoms with Gasteiger partial charge in [-0.3, -0.25) is 0 Å². The van der Waals surface area contributed by atoms with Crippen LogP contribution in [-0.2, 0) is 33.5 Å². The van der Waals surface area contributed by atoms with Gasteiger partial charge in [-0.2, -0.15) is 0 Å². The average Bonchev–Trinajstić information content (AvgIpc) is 3.88. The molecule has 0 N–H and O–H groups in total. The molecule has 3 aromatic rings. The molecule has 7 rings (SSSR count). The van der Waals surface area contributed by atoms with E-state index in [-0.39, 0.29) is 18.3 Å². The van der Waals surface area contributed by atoms with Gasteiger partial charge in [0.2, 0.25) is 0 Å². The fourth-order valence-corrected chi connectivity index (χ4v) is 5.72. The summed E-state index contributed by atoms with van der Waals surface area (Å²) in [6.45, 7) is 11.3. The maximum atomic E-state index is 6.25. The summed E-state index contributed by atoms with van der Waals surface area (Å²) in [6.07, 6.45) is 2.54. The molecule has 4 aliphatic rings. The van der Waals surface area contributed by atoms with Crippen molar-refractivity contribution in [1.29, 1.82) is 0 Å². The zero-order chi connectivity index (χ0) is 30.8. The lowest BCUT2D eigenvalue weighted by Gasteiger charge is -2.19. The van der Waals surface area contributed by atoms with E-state index in [2.05, 4.69) is 36.4 Å². The smallest absolute Gasteiger partial charge is 0.161 e.